The zero-order valence-corrected chi connectivity index (χ0v) is 18.7. The molecule has 1 aromatic carbocycles. The van der Waals surface area contributed by atoms with Crippen molar-refractivity contribution in [3.8, 4) is 11.4 Å². The summed E-state index contributed by atoms with van der Waals surface area (Å²) in [5.41, 5.74) is 2.72. The Labute approximate surface area is 182 Å². The van der Waals surface area contributed by atoms with Gasteiger partial charge in [-0.15, -0.1) is 21.5 Å². The van der Waals surface area contributed by atoms with Crippen molar-refractivity contribution in [1.29, 1.82) is 0 Å². The molecule has 0 bridgehead atoms. The molecule has 1 amide bonds. The molecule has 0 aliphatic carbocycles. The molecule has 2 aromatic heterocycles. The van der Waals surface area contributed by atoms with Crippen molar-refractivity contribution in [2.45, 2.75) is 45.3 Å². The molecule has 0 aliphatic heterocycles. The summed E-state index contributed by atoms with van der Waals surface area (Å²) in [6.07, 6.45) is 1.85. The van der Waals surface area contributed by atoms with Crippen molar-refractivity contribution in [2.75, 3.05) is 11.1 Å². The van der Waals surface area contributed by atoms with Crippen molar-refractivity contribution >= 4 is 40.4 Å². The van der Waals surface area contributed by atoms with Crippen LogP contribution in [0.2, 0.25) is 0 Å². The van der Waals surface area contributed by atoms with E-state index in [2.05, 4.69) is 46.2 Å². The van der Waals surface area contributed by atoms with E-state index in [4.69, 9.17) is 0 Å². The van der Waals surface area contributed by atoms with Gasteiger partial charge in [-0.3, -0.25) is 14.9 Å². The molecule has 0 spiro atoms. The van der Waals surface area contributed by atoms with E-state index >= 15 is 0 Å². The average molecular weight is 446 g/mol. The average Bonchev–Trinajstić information content (AvgIpc) is 3.29. The number of hydrogen-bond acceptors (Lipinski definition) is 7. The number of nitro groups is 1. The van der Waals surface area contributed by atoms with Crippen LogP contribution in [0.1, 0.15) is 30.7 Å². The third-order valence-electron chi connectivity index (χ3n) is 4.54. The van der Waals surface area contributed by atoms with Gasteiger partial charge in [0.15, 0.2) is 11.0 Å². The van der Waals surface area contributed by atoms with Crippen molar-refractivity contribution in [3.05, 3.63) is 50.2 Å². The Morgan fingerprint density at radius 3 is 2.83 bits per heavy atom. The van der Waals surface area contributed by atoms with Crippen LogP contribution in [0.5, 0.6) is 0 Å². The Morgan fingerprint density at radius 1 is 1.33 bits per heavy atom. The zero-order valence-electron chi connectivity index (χ0n) is 17.0. The number of thioether (sulfide) groups is 1. The number of thiophene rings is 1. The Bertz CT molecular complexity index is 1060. The fraction of sp³-hybridized carbons (Fsp3) is 0.350. The highest BCUT2D eigenvalue weighted by Gasteiger charge is 2.19. The Morgan fingerprint density at radius 2 is 2.13 bits per heavy atom. The minimum absolute atomic E-state index is 0.0643. The van der Waals surface area contributed by atoms with Crippen molar-refractivity contribution in [3.63, 3.8) is 0 Å². The fourth-order valence-corrected chi connectivity index (χ4v) is 4.85. The van der Waals surface area contributed by atoms with Gasteiger partial charge in [0, 0.05) is 40.2 Å². The Kier molecular flexibility index (Phi) is 7.22. The number of hydrogen-bond donors (Lipinski definition) is 1. The van der Waals surface area contributed by atoms with Crippen molar-refractivity contribution in [2.24, 2.45) is 0 Å². The predicted molar refractivity (Wildman–Crippen MR) is 120 cm³/mol. The summed E-state index contributed by atoms with van der Waals surface area (Å²) in [6, 6.07) is 5.89. The van der Waals surface area contributed by atoms with Crippen LogP contribution in [-0.2, 0) is 17.8 Å². The molecule has 8 nitrogen and oxygen atoms in total. The van der Waals surface area contributed by atoms with Crippen LogP contribution in [0.25, 0.3) is 11.4 Å². The van der Waals surface area contributed by atoms with Gasteiger partial charge in [0.2, 0.25) is 5.91 Å². The van der Waals surface area contributed by atoms with Gasteiger partial charge in [0.25, 0.3) is 5.69 Å². The quantitative estimate of drug-likeness (QED) is 0.285. The summed E-state index contributed by atoms with van der Waals surface area (Å²) >= 11 is 3.02. The molecule has 0 saturated carbocycles. The molecule has 0 aliphatic rings. The highest BCUT2D eigenvalue weighted by atomic mass is 32.2. The van der Waals surface area contributed by atoms with Gasteiger partial charge in [-0.25, -0.2) is 0 Å². The van der Waals surface area contributed by atoms with E-state index in [-0.39, 0.29) is 17.3 Å². The van der Waals surface area contributed by atoms with Gasteiger partial charge in [-0.1, -0.05) is 31.7 Å². The normalized spacial score (nSPS) is 10.9. The zero-order chi connectivity index (χ0) is 21.7. The summed E-state index contributed by atoms with van der Waals surface area (Å²) < 4.78 is 2.06. The second-order valence-corrected chi connectivity index (χ2v) is 8.67. The number of non-ortho nitro benzene ring substituents is 1. The van der Waals surface area contributed by atoms with E-state index in [9.17, 15) is 14.9 Å². The number of rotatable bonds is 9. The van der Waals surface area contributed by atoms with E-state index < -0.39 is 4.92 Å². The molecular formula is C20H23N5O3S2. The first-order chi connectivity index (χ1) is 14.4. The SMILES string of the molecule is CCCn1c(SCC(=O)Nc2cccc([N+](=O)[O-])c2)nnc1-c1csc(C)c1CC. The second kappa shape index (κ2) is 9.86. The number of aromatic nitrogens is 3. The monoisotopic (exact) mass is 445 g/mol. The van der Waals surface area contributed by atoms with Crippen LogP contribution in [0.15, 0.2) is 34.8 Å². The van der Waals surface area contributed by atoms with E-state index in [1.54, 1.807) is 23.5 Å². The van der Waals surface area contributed by atoms with Crippen LogP contribution in [0, 0.1) is 17.0 Å². The Hall–Kier alpha value is -2.72. The lowest BCUT2D eigenvalue weighted by Gasteiger charge is -2.10. The number of aryl methyl sites for hydroxylation is 1. The van der Waals surface area contributed by atoms with Crippen LogP contribution in [0.3, 0.4) is 0 Å². The minimum atomic E-state index is -0.490. The number of benzene rings is 1. The molecule has 158 valence electrons. The van der Waals surface area contributed by atoms with E-state index in [1.807, 2.05) is 0 Å². The third kappa shape index (κ3) is 4.88. The van der Waals surface area contributed by atoms with E-state index in [1.165, 1.54) is 34.3 Å². The maximum atomic E-state index is 12.4. The maximum Gasteiger partial charge on any atom is 0.271 e. The number of carbonyl (C=O) groups is 1. The molecule has 3 aromatic rings. The number of nitrogens with one attached hydrogen (secondary N) is 1. The van der Waals surface area contributed by atoms with Crippen molar-refractivity contribution < 1.29 is 9.72 Å². The number of amides is 1. The summed E-state index contributed by atoms with van der Waals surface area (Å²) in [6.45, 7) is 7.09. The van der Waals surface area contributed by atoms with Gasteiger partial charge < -0.3 is 9.88 Å². The summed E-state index contributed by atoms with van der Waals surface area (Å²) in [5.74, 6) is 0.710. The smallest absolute Gasteiger partial charge is 0.271 e. The molecule has 0 fully saturated rings. The molecule has 1 N–H and O–H groups in total. The molecule has 30 heavy (non-hydrogen) atoms. The van der Waals surface area contributed by atoms with Gasteiger partial charge in [-0.05, 0) is 31.4 Å². The van der Waals surface area contributed by atoms with E-state index in [0.29, 0.717) is 10.8 Å². The predicted octanol–water partition coefficient (Wildman–Crippen LogP) is 4.93. The topological polar surface area (TPSA) is 103 Å². The number of nitro benzene ring substituents is 1. The van der Waals surface area contributed by atoms with Crippen LogP contribution in [0.4, 0.5) is 11.4 Å². The van der Waals surface area contributed by atoms with Gasteiger partial charge in [0.05, 0.1) is 10.7 Å². The molecule has 2 heterocycles. The van der Waals surface area contributed by atoms with Gasteiger partial charge in [0.1, 0.15) is 0 Å². The summed E-state index contributed by atoms with van der Waals surface area (Å²) in [7, 11) is 0. The second-order valence-electron chi connectivity index (χ2n) is 6.64. The van der Waals surface area contributed by atoms with Gasteiger partial charge >= 0.3 is 0 Å². The van der Waals surface area contributed by atoms with Gasteiger partial charge in [-0.2, -0.15) is 0 Å². The lowest BCUT2D eigenvalue weighted by molar-refractivity contribution is -0.384. The van der Waals surface area contributed by atoms with Crippen molar-refractivity contribution in [1.82, 2.24) is 14.8 Å². The number of carbonyl (C=O) groups excluding carboxylic acids is 1. The largest absolute Gasteiger partial charge is 0.325 e. The first-order valence-electron chi connectivity index (χ1n) is 9.62. The molecular weight excluding hydrogens is 422 g/mol. The molecule has 0 unspecified atom stereocenters. The lowest BCUT2D eigenvalue weighted by atomic mass is 10.1. The van der Waals surface area contributed by atoms with Crippen LogP contribution >= 0.6 is 23.1 Å². The van der Waals surface area contributed by atoms with Crippen LogP contribution < -0.4 is 5.32 Å². The standard InChI is InChI=1S/C20H23N5O3S2/c1-4-9-24-19(17-11-29-13(3)16(17)5-2)22-23-20(24)30-12-18(26)21-14-7-6-8-15(10-14)25(27)28/h6-8,10-11H,4-5,9,12H2,1-3H3,(H,21,26). The summed E-state index contributed by atoms with van der Waals surface area (Å²) in [5, 5.41) is 25.1. The molecule has 3 rings (SSSR count). The summed E-state index contributed by atoms with van der Waals surface area (Å²) in [4.78, 5) is 24.0. The number of nitrogens with zero attached hydrogens (tertiary/aromatic N) is 4. The maximum absolute atomic E-state index is 12.4. The molecule has 0 saturated heterocycles. The lowest BCUT2D eigenvalue weighted by Crippen LogP contribution is -2.14. The van der Waals surface area contributed by atoms with E-state index in [0.717, 1.165) is 30.8 Å². The first-order valence-corrected chi connectivity index (χ1v) is 11.5. The first kappa shape index (κ1) is 22.0. The third-order valence-corrected chi connectivity index (χ3v) is 6.46. The fourth-order valence-electron chi connectivity index (χ4n) is 3.15. The van der Waals surface area contributed by atoms with Crippen LogP contribution in [-0.4, -0.2) is 31.3 Å². The number of anilines is 1. The highest BCUT2D eigenvalue weighted by molar-refractivity contribution is 7.99. The molecule has 0 radical (unpaired) electrons. The molecule has 10 heteroatoms. The molecule has 0 atom stereocenters. The minimum Gasteiger partial charge on any atom is -0.325 e. The Balaban J connectivity index is 1.74. The highest BCUT2D eigenvalue weighted by Crippen LogP contribution is 2.32.